The van der Waals surface area contributed by atoms with Gasteiger partial charge < -0.3 is 4.74 Å². The molecule has 0 radical (unpaired) electrons. The summed E-state index contributed by atoms with van der Waals surface area (Å²) < 4.78 is 5.43. The lowest BCUT2D eigenvalue weighted by Gasteiger charge is -2.29. The molecule has 3 heteroatoms. The smallest absolute Gasteiger partial charge is 0.305 e. The van der Waals surface area contributed by atoms with Crippen LogP contribution in [0.15, 0.2) is 30.3 Å². The van der Waals surface area contributed by atoms with E-state index >= 15 is 0 Å². The first-order valence-electron chi connectivity index (χ1n) is 9.19. The molecular formula is C20H34O2Si. The van der Waals surface area contributed by atoms with Gasteiger partial charge in [-0.05, 0) is 12.0 Å². The van der Waals surface area contributed by atoms with Crippen LogP contribution in [-0.2, 0) is 9.53 Å². The van der Waals surface area contributed by atoms with Crippen molar-refractivity contribution in [1.82, 2.24) is 0 Å². The Labute approximate surface area is 143 Å². The number of ether oxygens (including phenoxy) is 1. The average Bonchev–Trinajstić information content (AvgIpc) is 2.54. The Hall–Kier alpha value is -1.09. The van der Waals surface area contributed by atoms with E-state index in [0.717, 1.165) is 6.42 Å². The third kappa shape index (κ3) is 7.34. The molecule has 1 atom stereocenters. The van der Waals surface area contributed by atoms with Gasteiger partial charge in [0.1, 0.15) is 0 Å². The molecule has 0 unspecified atom stereocenters. The quantitative estimate of drug-likeness (QED) is 0.312. The molecule has 1 rings (SSSR count). The first-order valence-corrected chi connectivity index (χ1v) is 12.3. The van der Waals surface area contributed by atoms with Crippen LogP contribution in [0.3, 0.4) is 0 Å². The minimum Gasteiger partial charge on any atom is -0.466 e. The molecule has 0 aliphatic carbocycles. The fourth-order valence-corrected chi connectivity index (χ4v) is 5.08. The molecule has 0 aliphatic heterocycles. The first-order chi connectivity index (χ1) is 11.0. The minimum absolute atomic E-state index is 0.0254. The SMILES string of the molecule is CCCCCCCCOC(=O)C[C@H](C)[Si](C)(C)c1ccccc1. The van der Waals surface area contributed by atoms with Crippen LogP contribution in [0.4, 0.5) is 0 Å². The second-order valence-corrected chi connectivity index (χ2v) is 12.2. The number of carbonyl (C=O) groups is 1. The Morgan fingerprint density at radius 2 is 1.65 bits per heavy atom. The zero-order valence-electron chi connectivity index (χ0n) is 15.4. The van der Waals surface area contributed by atoms with Crippen molar-refractivity contribution in [1.29, 1.82) is 0 Å². The van der Waals surface area contributed by atoms with Crippen molar-refractivity contribution < 1.29 is 9.53 Å². The Kier molecular flexibility index (Phi) is 9.23. The molecule has 0 amide bonds. The number of benzene rings is 1. The van der Waals surface area contributed by atoms with Gasteiger partial charge in [0.15, 0.2) is 0 Å². The standard InChI is InChI=1S/C20H34O2Si/c1-5-6-7-8-9-13-16-22-20(21)17-18(2)23(3,4)19-14-11-10-12-15-19/h10-12,14-15,18H,5-9,13,16-17H2,1-4H3/t18-/m0/s1. The van der Waals surface area contributed by atoms with E-state index in [1.807, 2.05) is 6.07 Å². The Morgan fingerprint density at radius 3 is 2.30 bits per heavy atom. The molecule has 0 saturated heterocycles. The van der Waals surface area contributed by atoms with Crippen LogP contribution in [0.25, 0.3) is 0 Å². The van der Waals surface area contributed by atoms with Gasteiger partial charge >= 0.3 is 5.97 Å². The molecule has 1 aromatic carbocycles. The maximum absolute atomic E-state index is 12.1. The molecule has 0 spiro atoms. The van der Waals surface area contributed by atoms with Gasteiger partial charge in [-0.25, -0.2) is 0 Å². The van der Waals surface area contributed by atoms with Gasteiger partial charge in [-0.2, -0.15) is 0 Å². The first kappa shape index (κ1) is 20.0. The van der Waals surface area contributed by atoms with Crippen molar-refractivity contribution in [3.8, 4) is 0 Å². The van der Waals surface area contributed by atoms with Crippen LogP contribution in [-0.4, -0.2) is 20.7 Å². The Morgan fingerprint density at radius 1 is 1.04 bits per heavy atom. The van der Waals surface area contributed by atoms with E-state index in [9.17, 15) is 4.79 Å². The van der Waals surface area contributed by atoms with Crippen molar-refractivity contribution >= 4 is 19.2 Å². The Bertz CT molecular complexity index is 442. The van der Waals surface area contributed by atoms with E-state index in [1.165, 1.54) is 37.3 Å². The number of hydrogen-bond acceptors (Lipinski definition) is 2. The highest BCUT2D eigenvalue weighted by Gasteiger charge is 2.32. The van der Waals surface area contributed by atoms with E-state index in [2.05, 4.69) is 51.2 Å². The maximum atomic E-state index is 12.1. The fraction of sp³-hybridized carbons (Fsp3) is 0.650. The van der Waals surface area contributed by atoms with Crippen molar-refractivity contribution in [2.24, 2.45) is 0 Å². The molecule has 130 valence electrons. The van der Waals surface area contributed by atoms with Crippen LogP contribution < -0.4 is 5.19 Å². The van der Waals surface area contributed by atoms with Crippen LogP contribution in [0.5, 0.6) is 0 Å². The molecule has 0 fully saturated rings. The summed E-state index contributed by atoms with van der Waals surface area (Å²) in [4.78, 5) is 12.1. The molecule has 1 aromatic rings. The van der Waals surface area contributed by atoms with E-state index in [1.54, 1.807) is 0 Å². The number of esters is 1. The summed E-state index contributed by atoms with van der Waals surface area (Å²) in [5.74, 6) is -0.0254. The lowest BCUT2D eigenvalue weighted by molar-refractivity contribution is -0.143. The average molecular weight is 335 g/mol. The predicted octanol–water partition coefficient (Wildman–Crippen LogP) is 5.29. The zero-order valence-corrected chi connectivity index (χ0v) is 16.4. The molecule has 2 nitrogen and oxygen atoms in total. The van der Waals surface area contributed by atoms with Crippen molar-refractivity contribution in [3.05, 3.63) is 30.3 Å². The van der Waals surface area contributed by atoms with Gasteiger partial charge in [-0.15, -0.1) is 0 Å². The molecule has 0 N–H and O–H groups in total. The highest BCUT2D eigenvalue weighted by atomic mass is 28.3. The third-order valence-electron chi connectivity index (χ3n) is 4.98. The van der Waals surface area contributed by atoms with Gasteiger partial charge in [0.05, 0.1) is 14.7 Å². The number of unbranched alkanes of at least 4 members (excludes halogenated alkanes) is 5. The Balaban J connectivity index is 2.28. The minimum atomic E-state index is -1.62. The topological polar surface area (TPSA) is 26.3 Å². The molecular weight excluding hydrogens is 300 g/mol. The summed E-state index contributed by atoms with van der Waals surface area (Å²) in [5, 5.41) is 1.41. The van der Waals surface area contributed by atoms with Crippen molar-refractivity contribution in [2.75, 3.05) is 6.61 Å². The summed E-state index contributed by atoms with van der Waals surface area (Å²) >= 11 is 0. The van der Waals surface area contributed by atoms with Crippen molar-refractivity contribution in [3.63, 3.8) is 0 Å². The highest BCUT2D eigenvalue weighted by Crippen LogP contribution is 2.25. The molecule has 0 heterocycles. The molecule has 0 saturated carbocycles. The summed E-state index contributed by atoms with van der Waals surface area (Å²) in [5.41, 5.74) is 0.391. The summed E-state index contributed by atoms with van der Waals surface area (Å²) in [7, 11) is -1.62. The van der Waals surface area contributed by atoms with Crippen molar-refractivity contribution in [2.45, 2.75) is 77.4 Å². The van der Waals surface area contributed by atoms with E-state index in [-0.39, 0.29) is 5.97 Å². The second kappa shape index (κ2) is 10.6. The van der Waals surface area contributed by atoms with Crippen LogP contribution >= 0.6 is 0 Å². The monoisotopic (exact) mass is 334 g/mol. The fourth-order valence-electron chi connectivity index (χ4n) is 2.78. The normalized spacial score (nSPS) is 12.9. The lowest BCUT2D eigenvalue weighted by atomic mass is 10.1. The van der Waals surface area contributed by atoms with Crippen LogP contribution in [0, 0.1) is 0 Å². The van der Waals surface area contributed by atoms with Gasteiger partial charge in [-0.3, -0.25) is 4.79 Å². The van der Waals surface area contributed by atoms with Gasteiger partial charge in [0.25, 0.3) is 0 Å². The lowest BCUT2D eigenvalue weighted by Crippen LogP contribution is -2.45. The predicted molar refractivity (Wildman–Crippen MR) is 102 cm³/mol. The summed E-state index contributed by atoms with van der Waals surface area (Å²) in [6.07, 6.45) is 7.87. The van der Waals surface area contributed by atoms with E-state index in [0.29, 0.717) is 18.6 Å². The zero-order chi connectivity index (χ0) is 17.1. The van der Waals surface area contributed by atoms with Gasteiger partial charge in [-0.1, -0.05) is 94.6 Å². The summed E-state index contributed by atoms with van der Waals surface area (Å²) in [6, 6.07) is 10.6. The molecule has 0 aromatic heterocycles. The van der Waals surface area contributed by atoms with Crippen LogP contribution in [0.1, 0.15) is 58.8 Å². The molecule has 23 heavy (non-hydrogen) atoms. The summed E-state index contributed by atoms with van der Waals surface area (Å²) in [6.45, 7) is 9.70. The number of carbonyl (C=O) groups excluding carboxylic acids is 1. The van der Waals surface area contributed by atoms with E-state index < -0.39 is 8.07 Å². The second-order valence-electron chi connectivity index (χ2n) is 7.18. The molecule has 0 bridgehead atoms. The largest absolute Gasteiger partial charge is 0.466 e. The van der Waals surface area contributed by atoms with Crippen LogP contribution in [0.2, 0.25) is 18.6 Å². The van der Waals surface area contributed by atoms with Gasteiger partial charge in [0, 0.05) is 6.42 Å². The number of rotatable bonds is 11. The third-order valence-corrected chi connectivity index (χ3v) is 9.47. The highest BCUT2D eigenvalue weighted by molar-refractivity contribution is 6.91. The van der Waals surface area contributed by atoms with E-state index in [4.69, 9.17) is 4.74 Å². The maximum Gasteiger partial charge on any atom is 0.305 e. The van der Waals surface area contributed by atoms with Gasteiger partial charge in [0.2, 0.25) is 0 Å². The molecule has 0 aliphatic rings. The number of hydrogen-bond donors (Lipinski definition) is 0.